The number of aromatic nitrogens is 1. The number of amides is 2. The summed E-state index contributed by atoms with van der Waals surface area (Å²) in [5, 5.41) is 5.90. The quantitative estimate of drug-likeness (QED) is 0.733. The van der Waals surface area contributed by atoms with E-state index in [0.717, 1.165) is 5.69 Å². The van der Waals surface area contributed by atoms with Gasteiger partial charge in [-0.3, -0.25) is 14.4 Å². The largest absolute Gasteiger partial charge is 0.352 e. The first-order valence-electron chi connectivity index (χ1n) is 12.0. The van der Waals surface area contributed by atoms with Crippen molar-refractivity contribution >= 4 is 17.5 Å². The number of benzene rings is 1. The number of carbonyl (C=O) groups is 2. The van der Waals surface area contributed by atoms with Gasteiger partial charge >= 0.3 is 0 Å². The molecule has 0 unspecified atom stereocenters. The molecule has 3 heterocycles. The monoisotopic (exact) mass is 450 g/mol. The Balaban J connectivity index is 1.36. The fraction of sp³-hybridized carbons (Fsp3) is 0.500. The summed E-state index contributed by atoms with van der Waals surface area (Å²) in [6.45, 7) is 6.68. The van der Waals surface area contributed by atoms with Crippen molar-refractivity contribution in [2.75, 3.05) is 25.0 Å². The van der Waals surface area contributed by atoms with Crippen molar-refractivity contribution in [3.63, 3.8) is 0 Å². The molecule has 2 N–H and O–H groups in total. The SMILES string of the molecule is Cc1cc(C)n(C)c(=O)c1C(=O)Nc1ccc(C(=O)NC[C@@H]2CCCN3CCCC[C@H]23)cc1. The van der Waals surface area contributed by atoms with Gasteiger partial charge in [-0.2, -0.15) is 0 Å². The molecule has 7 nitrogen and oxygen atoms in total. The van der Waals surface area contributed by atoms with Crippen LogP contribution in [0, 0.1) is 19.8 Å². The summed E-state index contributed by atoms with van der Waals surface area (Å²) in [5.41, 5.74) is 2.36. The second-order valence-corrected chi connectivity index (χ2v) is 9.45. The van der Waals surface area contributed by atoms with E-state index in [1.807, 2.05) is 13.0 Å². The topological polar surface area (TPSA) is 83.4 Å². The molecule has 7 heteroatoms. The lowest BCUT2D eigenvalue weighted by molar-refractivity contribution is 0.0575. The Labute approximate surface area is 195 Å². The predicted octanol–water partition coefficient (Wildman–Crippen LogP) is 3.25. The van der Waals surface area contributed by atoms with Gasteiger partial charge in [0.1, 0.15) is 5.56 Å². The number of anilines is 1. The third kappa shape index (κ3) is 5.03. The number of hydrogen-bond donors (Lipinski definition) is 2. The zero-order valence-corrected chi connectivity index (χ0v) is 19.8. The van der Waals surface area contributed by atoms with E-state index in [9.17, 15) is 14.4 Å². The van der Waals surface area contributed by atoms with E-state index in [1.54, 1.807) is 38.2 Å². The number of hydrogen-bond acceptors (Lipinski definition) is 4. The van der Waals surface area contributed by atoms with Gasteiger partial charge in [-0.1, -0.05) is 6.42 Å². The number of nitrogens with zero attached hydrogens (tertiary/aromatic N) is 2. The number of pyridine rings is 1. The van der Waals surface area contributed by atoms with Gasteiger partial charge in [0.2, 0.25) is 0 Å². The lowest BCUT2D eigenvalue weighted by Gasteiger charge is -2.44. The number of piperidine rings is 2. The highest BCUT2D eigenvalue weighted by atomic mass is 16.2. The predicted molar refractivity (Wildman–Crippen MR) is 130 cm³/mol. The van der Waals surface area contributed by atoms with Crippen molar-refractivity contribution in [1.29, 1.82) is 0 Å². The number of carbonyl (C=O) groups excluding carboxylic acids is 2. The third-order valence-electron chi connectivity index (χ3n) is 7.25. The summed E-state index contributed by atoms with van der Waals surface area (Å²) in [7, 11) is 1.65. The van der Waals surface area contributed by atoms with Crippen LogP contribution in [0.1, 0.15) is 64.1 Å². The maximum atomic E-state index is 12.7. The Morgan fingerprint density at radius 3 is 2.48 bits per heavy atom. The smallest absolute Gasteiger partial charge is 0.263 e. The minimum Gasteiger partial charge on any atom is -0.352 e. The molecule has 2 saturated heterocycles. The average molecular weight is 451 g/mol. The van der Waals surface area contributed by atoms with Gasteiger partial charge in [0, 0.05) is 36.6 Å². The summed E-state index contributed by atoms with van der Waals surface area (Å²) >= 11 is 0. The molecule has 2 aromatic rings. The maximum absolute atomic E-state index is 12.7. The number of rotatable bonds is 5. The van der Waals surface area contributed by atoms with Gasteiger partial charge in [0.05, 0.1) is 0 Å². The van der Waals surface area contributed by atoms with Crippen LogP contribution in [0.5, 0.6) is 0 Å². The first-order valence-corrected chi connectivity index (χ1v) is 12.0. The van der Waals surface area contributed by atoms with E-state index < -0.39 is 5.91 Å². The summed E-state index contributed by atoms with van der Waals surface area (Å²) in [5.74, 6) is -0.0226. The number of aryl methyl sites for hydroxylation is 2. The molecule has 2 amide bonds. The Morgan fingerprint density at radius 1 is 1.00 bits per heavy atom. The van der Waals surface area contributed by atoms with Crippen molar-refractivity contribution in [2.45, 2.75) is 52.0 Å². The van der Waals surface area contributed by atoms with Crippen LogP contribution >= 0.6 is 0 Å². The second-order valence-electron chi connectivity index (χ2n) is 9.45. The summed E-state index contributed by atoms with van der Waals surface area (Å²) in [6, 6.07) is 9.23. The molecule has 2 aliphatic rings. The lowest BCUT2D eigenvalue weighted by Crippen LogP contribution is -2.51. The molecule has 0 radical (unpaired) electrons. The van der Waals surface area contributed by atoms with Crippen molar-refractivity contribution in [2.24, 2.45) is 13.0 Å². The maximum Gasteiger partial charge on any atom is 0.263 e. The summed E-state index contributed by atoms with van der Waals surface area (Å²) in [4.78, 5) is 40.6. The summed E-state index contributed by atoms with van der Waals surface area (Å²) < 4.78 is 1.47. The highest BCUT2D eigenvalue weighted by molar-refractivity contribution is 6.05. The normalized spacial score (nSPS) is 20.7. The minimum atomic E-state index is -0.445. The standard InChI is InChI=1S/C26H34N4O3/c1-17-15-18(2)29(3)26(33)23(17)25(32)28-21-11-9-19(10-12-21)24(31)27-16-20-7-6-14-30-13-5-4-8-22(20)30/h9-12,15,20,22H,4-8,13-14,16H2,1-3H3,(H,27,31)(H,28,32)/t20-,22+/m0/s1. The van der Waals surface area contributed by atoms with Crippen LogP contribution in [0.4, 0.5) is 5.69 Å². The van der Waals surface area contributed by atoms with E-state index in [2.05, 4.69) is 15.5 Å². The van der Waals surface area contributed by atoms with E-state index in [4.69, 9.17) is 0 Å². The number of nitrogens with one attached hydrogen (secondary N) is 2. The molecule has 4 rings (SSSR count). The van der Waals surface area contributed by atoms with Gasteiger partial charge in [-0.15, -0.1) is 0 Å². The third-order valence-corrected chi connectivity index (χ3v) is 7.25. The van der Waals surface area contributed by atoms with Gasteiger partial charge in [-0.25, -0.2) is 0 Å². The van der Waals surface area contributed by atoms with Crippen molar-refractivity contribution in [3.05, 3.63) is 63.1 Å². The number of fused-ring (bicyclic) bond motifs is 1. The average Bonchev–Trinajstić information content (AvgIpc) is 2.81. The van der Waals surface area contributed by atoms with E-state index >= 15 is 0 Å². The molecule has 2 aliphatic heterocycles. The lowest BCUT2D eigenvalue weighted by atomic mass is 9.83. The van der Waals surface area contributed by atoms with Crippen LogP contribution in [0.25, 0.3) is 0 Å². The van der Waals surface area contributed by atoms with Gasteiger partial charge in [0.25, 0.3) is 17.4 Å². The van der Waals surface area contributed by atoms with Crippen LogP contribution in [0.3, 0.4) is 0 Å². The molecular weight excluding hydrogens is 416 g/mol. The van der Waals surface area contributed by atoms with E-state index in [0.29, 0.717) is 35.3 Å². The zero-order valence-electron chi connectivity index (χ0n) is 19.8. The molecule has 0 saturated carbocycles. The fourth-order valence-corrected chi connectivity index (χ4v) is 5.29. The van der Waals surface area contributed by atoms with Crippen LogP contribution in [0.2, 0.25) is 0 Å². The van der Waals surface area contributed by atoms with Crippen molar-refractivity contribution < 1.29 is 9.59 Å². The van der Waals surface area contributed by atoms with Crippen LogP contribution in [0.15, 0.2) is 35.1 Å². The van der Waals surface area contributed by atoms with E-state index in [1.165, 1.54) is 49.8 Å². The Hall–Kier alpha value is -2.93. The molecule has 0 bridgehead atoms. The van der Waals surface area contributed by atoms with Gasteiger partial charge in [0.15, 0.2) is 0 Å². The molecule has 2 atom stereocenters. The first-order chi connectivity index (χ1) is 15.8. The molecule has 176 valence electrons. The van der Waals surface area contributed by atoms with Crippen LogP contribution < -0.4 is 16.2 Å². The summed E-state index contributed by atoms with van der Waals surface area (Å²) in [6.07, 6.45) is 6.18. The minimum absolute atomic E-state index is 0.0935. The molecule has 0 spiro atoms. The van der Waals surface area contributed by atoms with Crippen LogP contribution in [-0.2, 0) is 7.05 Å². The van der Waals surface area contributed by atoms with Crippen molar-refractivity contribution in [1.82, 2.24) is 14.8 Å². The molecule has 0 aliphatic carbocycles. The molecular formula is C26H34N4O3. The van der Waals surface area contributed by atoms with Crippen molar-refractivity contribution in [3.8, 4) is 0 Å². The molecule has 33 heavy (non-hydrogen) atoms. The second kappa shape index (κ2) is 9.91. The highest BCUT2D eigenvalue weighted by Gasteiger charge is 2.33. The Bertz CT molecular complexity index is 1090. The van der Waals surface area contributed by atoms with E-state index in [-0.39, 0.29) is 17.0 Å². The first kappa shape index (κ1) is 23.2. The molecule has 1 aromatic heterocycles. The molecule has 1 aromatic carbocycles. The highest BCUT2D eigenvalue weighted by Crippen LogP contribution is 2.30. The van der Waals surface area contributed by atoms with Gasteiger partial charge in [-0.05, 0) is 94.4 Å². The zero-order chi connectivity index (χ0) is 23.5. The molecule has 2 fully saturated rings. The van der Waals surface area contributed by atoms with Gasteiger partial charge < -0.3 is 20.1 Å². The fourth-order valence-electron chi connectivity index (χ4n) is 5.29. The Kier molecular flexibility index (Phi) is 6.98. The Morgan fingerprint density at radius 2 is 1.73 bits per heavy atom. The van der Waals surface area contributed by atoms with Crippen LogP contribution in [-0.4, -0.2) is 47.0 Å².